The third-order valence-corrected chi connectivity index (χ3v) is 4.53. The van der Waals surface area contributed by atoms with Crippen molar-refractivity contribution in [3.05, 3.63) is 66.0 Å². The van der Waals surface area contributed by atoms with E-state index in [0.29, 0.717) is 11.4 Å². The second kappa shape index (κ2) is 7.03. The number of aromatic nitrogens is 4. The Morgan fingerprint density at radius 2 is 1.69 bits per heavy atom. The zero-order chi connectivity index (χ0) is 17.9. The van der Waals surface area contributed by atoms with Crippen LogP contribution in [-0.4, -0.2) is 44.1 Å². The molecule has 1 saturated heterocycles. The second-order valence-electron chi connectivity index (χ2n) is 6.29. The molecule has 0 spiro atoms. The van der Waals surface area contributed by atoms with Crippen molar-refractivity contribution in [2.45, 2.75) is 18.9 Å². The molecule has 1 atom stereocenters. The van der Waals surface area contributed by atoms with Crippen LogP contribution in [0.4, 0.5) is 4.39 Å². The summed E-state index contributed by atoms with van der Waals surface area (Å²) in [4.78, 5) is 16.3. The minimum Gasteiger partial charge on any atom is -0.340 e. The number of hydrogen-bond donors (Lipinski definition) is 0. The number of likely N-dealkylation sites (tertiary alicyclic amines) is 1. The molecule has 7 heteroatoms. The summed E-state index contributed by atoms with van der Waals surface area (Å²) in [7, 11) is 0. The van der Waals surface area contributed by atoms with Gasteiger partial charge in [-0.2, -0.15) is 0 Å². The molecule has 1 aromatic heterocycles. The van der Waals surface area contributed by atoms with Gasteiger partial charge in [0.1, 0.15) is 5.82 Å². The number of rotatable bonds is 4. The third kappa shape index (κ3) is 3.20. The Kier molecular flexibility index (Phi) is 4.43. The van der Waals surface area contributed by atoms with Crippen LogP contribution in [0.25, 0.3) is 11.4 Å². The molecule has 0 bridgehead atoms. The van der Waals surface area contributed by atoms with Gasteiger partial charge in [0.05, 0.1) is 0 Å². The third-order valence-electron chi connectivity index (χ3n) is 4.53. The van der Waals surface area contributed by atoms with Gasteiger partial charge in [0.2, 0.25) is 5.82 Å². The van der Waals surface area contributed by atoms with Gasteiger partial charge < -0.3 is 4.90 Å². The van der Waals surface area contributed by atoms with E-state index in [4.69, 9.17) is 0 Å². The zero-order valence-corrected chi connectivity index (χ0v) is 14.1. The van der Waals surface area contributed by atoms with E-state index in [2.05, 4.69) is 15.4 Å². The first-order valence-electron chi connectivity index (χ1n) is 8.61. The normalized spacial score (nSPS) is 15.2. The van der Waals surface area contributed by atoms with E-state index in [-0.39, 0.29) is 11.7 Å². The van der Waals surface area contributed by atoms with Crippen LogP contribution in [0, 0.1) is 5.82 Å². The lowest BCUT2D eigenvalue weighted by Gasteiger charge is -2.22. The first kappa shape index (κ1) is 16.4. The molecule has 1 fully saturated rings. The zero-order valence-electron chi connectivity index (χ0n) is 14.1. The Morgan fingerprint density at radius 3 is 2.38 bits per heavy atom. The maximum Gasteiger partial charge on any atom is 0.254 e. The van der Waals surface area contributed by atoms with Crippen LogP contribution in [0.3, 0.4) is 0 Å². The highest BCUT2D eigenvalue weighted by atomic mass is 19.1. The highest BCUT2D eigenvalue weighted by molar-refractivity contribution is 5.83. The van der Waals surface area contributed by atoms with Crippen molar-refractivity contribution in [3.8, 4) is 11.4 Å². The van der Waals surface area contributed by atoms with Crippen molar-refractivity contribution in [1.82, 2.24) is 25.1 Å². The molecule has 1 aliphatic rings. The van der Waals surface area contributed by atoms with Crippen LogP contribution < -0.4 is 0 Å². The van der Waals surface area contributed by atoms with Crippen LogP contribution >= 0.6 is 0 Å². The van der Waals surface area contributed by atoms with Crippen molar-refractivity contribution in [1.29, 1.82) is 0 Å². The minimum atomic E-state index is -0.656. The van der Waals surface area contributed by atoms with Gasteiger partial charge in [0, 0.05) is 18.7 Å². The first-order chi connectivity index (χ1) is 12.7. The van der Waals surface area contributed by atoms with Crippen molar-refractivity contribution in [2.24, 2.45) is 0 Å². The van der Waals surface area contributed by atoms with E-state index in [9.17, 15) is 9.18 Å². The first-order valence-corrected chi connectivity index (χ1v) is 8.61. The highest BCUT2D eigenvalue weighted by Gasteiger charge is 2.31. The maximum atomic E-state index is 13.1. The fourth-order valence-electron chi connectivity index (χ4n) is 3.17. The summed E-state index contributed by atoms with van der Waals surface area (Å²) in [5.74, 6) is 0.00410. The van der Waals surface area contributed by atoms with Crippen LogP contribution in [-0.2, 0) is 4.79 Å². The molecule has 6 nitrogen and oxygen atoms in total. The van der Waals surface area contributed by atoms with Gasteiger partial charge in [-0.3, -0.25) is 4.79 Å². The number of tetrazole rings is 1. The lowest BCUT2D eigenvalue weighted by molar-refractivity contribution is -0.133. The average Bonchev–Trinajstić information content (AvgIpc) is 3.36. The topological polar surface area (TPSA) is 63.9 Å². The Bertz CT molecular complexity index is 888. The molecule has 1 aliphatic heterocycles. The molecule has 3 aromatic rings. The molecule has 0 saturated carbocycles. The fraction of sp³-hybridized carbons (Fsp3) is 0.263. The molecule has 1 unspecified atom stereocenters. The molecule has 1 amide bonds. The van der Waals surface area contributed by atoms with E-state index < -0.39 is 6.04 Å². The van der Waals surface area contributed by atoms with E-state index in [1.807, 2.05) is 35.2 Å². The Hall–Kier alpha value is -3.09. The number of nitrogens with zero attached hydrogens (tertiary/aromatic N) is 5. The summed E-state index contributed by atoms with van der Waals surface area (Å²) in [6, 6.07) is 14.7. The quantitative estimate of drug-likeness (QED) is 0.725. The van der Waals surface area contributed by atoms with Crippen molar-refractivity contribution in [2.75, 3.05) is 13.1 Å². The average molecular weight is 351 g/mol. The van der Waals surface area contributed by atoms with Crippen LogP contribution in [0.5, 0.6) is 0 Å². The SMILES string of the molecule is O=C(C(c1ccccc1)n1nnc(-c2ccc(F)cc2)n1)N1CCCC1. The number of amides is 1. The molecular formula is C19H18FN5O. The standard InChI is InChI=1S/C19H18FN5O/c20-16-10-8-15(9-11-16)18-21-23-25(22-18)17(14-6-2-1-3-7-14)19(26)24-12-4-5-13-24/h1-3,6-11,17H,4-5,12-13H2. The molecule has 0 radical (unpaired) electrons. The summed E-state index contributed by atoms with van der Waals surface area (Å²) in [6.07, 6.45) is 2.03. The number of carbonyl (C=O) groups is 1. The molecule has 2 heterocycles. The monoisotopic (exact) mass is 351 g/mol. The van der Waals surface area contributed by atoms with Gasteiger partial charge in [0.15, 0.2) is 6.04 Å². The predicted octanol–water partition coefficient (Wildman–Crippen LogP) is 2.69. The van der Waals surface area contributed by atoms with Gasteiger partial charge >= 0.3 is 0 Å². The van der Waals surface area contributed by atoms with E-state index in [1.165, 1.54) is 16.9 Å². The Labute approximate surface area is 150 Å². The van der Waals surface area contributed by atoms with Crippen LogP contribution in [0.1, 0.15) is 24.4 Å². The fourth-order valence-corrected chi connectivity index (χ4v) is 3.17. The Morgan fingerprint density at radius 1 is 1.00 bits per heavy atom. The summed E-state index contributed by atoms with van der Waals surface area (Å²) in [5.41, 5.74) is 1.46. The largest absolute Gasteiger partial charge is 0.340 e. The van der Waals surface area contributed by atoms with E-state index >= 15 is 0 Å². The maximum absolute atomic E-state index is 13.1. The van der Waals surface area contributed by atoms with Gasteiger partial charge in [-0.25, -0.2) is 4.39 Å². The summed E-state index contributed by atoms with van der Waals surface area (Å²) in [5, 5.41) is 12.6. The van der Waals surface area contributed by atoms with Gasteiger partial charge in [-0.1, -0.05) is 30.3 Å². The van der Waals surface area contributed by atoms with E-state index in [1.54, 1.807) is 12.1 Å². The summed E-state index contributed by atoms with van der Waals surface area (Å²) in [6.45, 7) is 1.50. The smallest absolute Gasteiger partial charge is 0.254 e. The molecule has 132 valence electrons. The van der Waals surface area contributed by atoms with Crippen LogP contribution in [0.2, 0.25) is 0 Å². The number of carbonyl (C=O) groups excluding carboxylic acids is 1. The lowest BCUT2D eigenvalue weighted by atomic mass is 10.1. The molecule has 0 aliphatic carbocycles. The number of benzene rings is 2. The van der Waals surface area contributed by atoms with Crippen molar-refractivity contribution in [3.63, 3.8) is 0 Å². The molecule has 26 heavy (non-hydrogen) atoms. The Balaban J connectivity index is 1.70. The number of hydrogen-bond acceptors (Lipinski definition) is 4. The molecule has 2 aromatic carbocycles. The van der Waals surface area contributed by atoms with Crippen LogP contribution in [0.15, 0.2) is 54.6 Å². The summed E-state index contributed by atoms with van der Waals surface area (Å²) < 4.78 is 13.1. The number of halogens is 1. The molecule has 0 N–H and O–H groups in total. The van der Waals surface area contributed by atoms with Gasteiger partial charge in [-0.15, -0.1) is 15.0 Å². The van der Waals surface area contributed by atoms with Gasteiger partial charge in [-0.05, 0) is 47.9 Å². The minimum absolute atomic E-state index is 0.0308. The lowest BCUT2D eigenvalue weighted by Crippen LogP contribution is -2.36. The highest BCUT2D eigenvalue weighted by Crippen LogP contribution is 2.23. The summed E-state index contributed by atoms with van der Waals surface area (Å²) >= 11 is 0. The van der Waals surface area contributed by atoms with E-state index in [0.717, 1.165) is 31.5 Å². The van der Waals surface area contributed by atoms with Crippen molar-refractivity contribution >= 4 is 5.91 Å². The van der Waals surface area contributed by atoms with Crippen molar-refractivity contribution < 1.29 is 9.18 Å². The van der Waals surface area contributed by atoms with Gasteiger partial charge in [0.25, 0.3) is 5.91 Å². The molecular weight excluding hydrogens is 333 g/mol. The second-order valence-corrected chi connectivity index (χ2v) is 6.29. The molecule has 4 rings (SSSR count). The predicted molar refractivity (Wildman–Crippen MR) is 93.6 cm³/mol.